The predicted molar refractivity (Wildman–Crippen MR) is 118 cm³/mol. The van der Waals surface area contributed by atoms with E-state index in [2.05, 4.69) is 18.7 Å². The molecule has 0 aliphatic carbocycles. The first-order valence-corrected chi connectivity index (χ1v) is 11.1. The Kier molecular flexibility index (Phi) is 6.32. The van der Waals surface area contributed by atoms with Gasteiger partial charge in [-0.2, -0.15) is 0 Å². The molecule has 0 unspecified atom stereocenters. The van der Waals surface area contributed by atoms with Gasteiger partial charge in [0.05, 0.1) is 13.7 Å². The van der Waals surface area contributed by atoms with E-state index in [0.717, 1.165) is 66.7 Å². The lowest BCUT2D eigenvalue weighted by Crippen LogP contribution is -2.38. The summed E-state index contributed by atoms with van der Waals surface area (Å²) in [6.07, 6.45) is 4.71. The molecule has 0 spiro atoms. The fraction of sp³-hybridized carbons (Fsp3) is 0.542. The maximum Gasteiger partial charge on any atom is 0.228 e. The minimum Gasteiger partial charge on any atom is -0.497 e. The van der Waals surface area contributed by atoms with E-state index in [9.17, 15) is 4.79 Å². The van der Waals surface area contributed by atoms with Crippen LogP contribution >= 0.6 is 0 Å². The van der Waals surface area contributed by atoms with Crippen molar-refractivity contribution < 1.29 is 9.53 Å². The summed E-state index contributed by atoms with van der Waals surface area (Å²) in [5.41, 5.74) is 3.21. The third kappa shape index (κ3) is 4.33. The first-order valence-electron chi connectivity index (χ1n) is 11.1. The Morgan fingerprint density at radius 1 is 1.17 bits per heavy atom. The van der Waals surface area contributed by atoms with Crippen LogP contribution < -0.4 is 9.64 Å². The zero-order valence-electron chi connectivity index (χ0n) is 18.4. The maximum absolute atomic E-state index is 12.9. The second kappa shape index (κ2) is 9.13. The monoisotopic (exact) mass is 408 g/mol. The molecule has 6 nitrogen and oxygen atoms in total. The molecule has 1 fully saturated rings. The highest BCUT2D eigenvalue weighted by Gasteiger charge is 2.30. The SMILES string of the molecule is CCCN1CCC[C@@H](c2nc(C)c3c(n2)N(Cc2ccc(OC)cc2)C(=O)CC3)C1. The molecule has 2 aliphatic heterocycles. The van der Waals surface area contributed by atoms with Gasteiger partial charge in [0.2, 0.25) is 5.91 Å². The van der Waals surface area contributed by atoms with Crippen LogP contribution in [0.3, 0.4) is 0 Å². The summed E-state index contributed by atoms with van der Waals surface area (Å²) < 4.78 is 5.26. The Morgan fingerprint density at radius 2 is 1.97 bits per heavy atom. The lowest BCUT2D eigenvalue weighted by Gasteiger charge is -2.34. The van der Waals surface area contributed by atoms with Crippen molar-refractivity contribution in [3.63, 3.8) is 0 Å². The summed E-state index contributed by atoms with van der Waals surface area (Å²) in [7, 11) is 1.66. The Morgan fingerprint density at radius 3 is 2.70 bits per heavy atom. The van der Waals surface area contributed by atoms with Crippen LogP contribution in [0.25, 0.3) is 0 Å². The molecule has 0 bridgehead atoms. The molecule has 0 N–H and O–H groups in total. The van der Waals surface area contributed by atoms with Crippen molar-refractivity contribution in [1.82, 2.24) is 14.9 Å². The van der Waals surface area contributed by atoms with Gasteiger partial charge < -0.3 is 9.64 Å². The number of anilines is 1. The Bertz CT molecular complexity index is 895. The van der Waals surface area contributed by atoms with Gasteiger partial charge in [0.15, 0.2) is 0 Å². The lowest BCUT2D eigenvalue weighted by atomic mass is 9.95. The zero-order valence-corrected chi connectivity index (χ0v) is 18.4. The number of ether oxygens (including phenoxy) is 1. The number of fused-ring (bicyclic) bond motifs is 1. The van der Waals surface area contributed by atoms with Gasteiger partial charge in [0.1, 0.15) is 17.4 Å². The van der Waals surface area contributed by atoms with Gasteiger partial charge in [0, 0.05) is 30.1 Å². The lowest BCUT2D eigenvalue weighted by molar-refractivity contribution is -0.119. The van der Waals surface area contributed by atoms with Gasteiger partial charge in [-0.15, -0.1) is 0 Å². The number of carbonyl (C=O) groups excluding carboxylic acids is 1. The zero-order chi connectivity index (χ0) is 21.1. The third-order valence-electron chi connectivity index (χ3n) is 6.27. The number of rotatable bonds is 6. The van der Waals surface area contributed by atoms with Crippen molar-refractivity contribution in [3.8, 4) is 5.75 Å². The fourth-order valence-electron chi connectivity index (χ4n) is 4.65. The predicted octanol–water partition coefficient (Wildman–Crippen LogP) is 3.86. The molecule has 4 rings (SSSR count). The number of methoxy groups -OCH3 is 1. The van der Waals surface area contributed by atoms with Crippen LogP contribution in [-0.2, 0) is 17.8 Å². The van der Waals surface area contributed by atoms with E-state index >= 15 is 0 Å². The number of benzene rings is 1. The number of carbonyl (C=O) groups is 1. The second-order valence-corrected chi connectivity index (χ2v) is 8.44. The molecular weight excluding hydrogens is 376 g/mol. The van der Waals surface area contributed by atoms with E-state index in [1.807, 2.05) is 29.2 Å². The average molecular weight is 409 g/mol. The molecule has 3 heterocycles. The number of aryl methyl sites for hydroxylation is 1. The molecule has 1 aromatic carbocycles. The summed E-state index contributed by atoms with van der Waals surface area (Å²) in [4.78, 5) is 27.1. The van der Waals surface area contributed by atoms with Gasteiger partial charge in [-0.05, 0) is 63.4 Å². The number of hydrogen-bond acceptors (Lipinski definition) is 5. The highest BCUT2D eigenvalue weighted by Crippen LogP contribution is 2.33. The van der Waals surface area contributed by atoms with Crippen LogP contribution in [0.5, 0.6) is 5.75 Å². The van der Waals surface area contributed by atoms with E-state index in [1.165, 1.54) is 12.8 Å². The maximum atomic E-state index is 12.9. The van der Waals surface area contributed by atoms with Crippen LogP contribution in [0, 0.1) is 6.92 Å². The molecule has 1 aromatic heterocycles. The van der Waals surface area contributed by atoms with Crippen molar-refractivity contribution in [1.29, 1.82) is 0 Å². The molecule has 2 aromatic rings. The van der Waals surface area contributed by atoms with Crippen molar-refractivity contribution in [2.45, 2.75) is 58.4 Å². The first kappa shape index (κ1) is 20.8. The van der Waals surface area contributed by atoms with Crippen molar-refractivity contribution >= 4 is 11.7 Å². The number of amides is 1. The van der Waals surface area contributed by atoms with Gasteiger partial charge in [-0.1, -0.05) is 19.1 Å². The average Bonchev–Trinajstić information content (AvgIpc) is 2.76. The molecule has 0 saturated carbocycles. The minimum atomic E-state index is 0.138. The molecule has 0 radical (unpaired) electrons. The number of likely N-dealkylation sites (tertiary alicyclic amines) is 1. The number of aromatic nitrogens is 2. The minimum absolute atomic E-state index is 0.138. The quantitative estimate of drug-likeness (QED) is 0.726. The summed E-state index contributed by atoms with van der Waals surface area (Å²) in [6, 6.07) is 7.90. The Labute approximate surface area is 179 Å². The fourth-order valence-corrected chi connectivity index (χ4v) is 4.65. The van der Waals surface area contributed by atoms with Gasteiger partial charge in [-0.25, -0.2) is 9.97 Å². The van der Waals surface area contributed by atoms with E-state index in [0.29, 0.717) is 18.9 Å². The van der Waals surface area contributed by atoms with Crippen molar-refractivity contribution in [2.24, 2.45) is 0 Å². The molecular formula is C24H32N4O2. The second-order valence-electron chi connectivity index (χ2n) is 8.44. The summed E-state index contributed by atoms with van der Waals surface area (Å²) in [5, 5.41) is 0. The summed E-state index contributed by atoms with van der Waals surface area (Å²) in [6.45, 7) is 8.12. The van der Waals surface area contributed by atoms with Crippen LogP contribution in [0.15, 0.2) is 24.3 Å². The van der Waals surface area contributed by atoms with Gasteiger partial charge in [0.25, 0.3) is 0 Å². The third-order valence-corrected chi connectivity index (χ3v) is 6.27. The summed E-state index contributed by atoms with van der Waals surface area (Å²) >= 11 is 0. The topological polar surface area (TPSA) is 58.6 Å². The summed E-state index contributed by atoms with van der Waals surface area (Å²) in [5.74, 6) is 3.02. The van der Waals surface area contributed by atoms with E-state index in [-0.39, 0.29) is 5.91 Å². The largest absolute Gasteiger partial charge is 0.497 e. The molecule has 1 atom stereocenters. The molecule has 1 amide bonds. The van der Waals surface area contributed by atoms with Crippen LogP contribution in [-0.4, -0.2) is 47.5 Å². The van der Waals surface area contributed by atoms with Crippen molar-refractivity contribution in [3.05, 3.63) is 46.9 Å². The van der Waals surface area contributed by atoms with Gasteiger partial charge >= 0.3 is 0 Å². The highest BCUT2D eigenvalue weighted by atomic mass is 16.5. The van der Waals surface area contributed by atoms with E-state index in [4.69, 9.17) is 14.7 Å². The number of nitrogens with zero attached hydrogens (tertiary/aromatic N) is 4. The van der Waals surface area contributed by atoms with Crippen LogP contribution in [0.2, 0.25) is 0 Å². The molecule has 6 heteroatoms. The number of piperidine rings is 1. The number of hydrogen-bond donors (Lipinski definition) is 0. The first-order chi connectivity index (χ1) is 14.6. The standard InChI is InChI=1S/C24H32N4O2/c1-4-13-27-14-5-6-19(16-27)23-25-17(2)21-11-12-22(29)28(24(21)26-23)15-18-7-9-20(30-3)10-8-18/h7-10,19H,4-6,11-16H2,1-3H3/t19-/m1/s1. The molecule has 2 aliphatic rings. The normalized spacial score (nSPS) is 19.6. The highest BCUT2D eigenvalue weighted by molar-refractivity contribution is 5.95. The van der Waals surface area contributed by atoms with Crippen LogP contribution in [0.1, 0.15) is 61.2 Å². The molecule has 1 saturated heterocycles. The Hall–Kier alpha value is -2.47. The molecule has 30 heavy (non-hydrogen) atoms. The smallest absolute Gasteiger partial charge is 0.228 e. The Balaban J connectivity index is 1.63. The van der Waals surface area contributed by atoms with Gasteiger partial charge in [-0.3, -0.25) is 9.69 Å². The van der Waals surface area contributed by atoms with E-state index in [1.54, 1.807) is 7.11 Å². The molecule has 160 valence electrons. The van der Waals surface area contributed by atoms with Crippen molar-refractivity contribution in [2.75, 3.05) is 31.6 Å². The van der Waals surface area contributed by atoms with E-state index < -0.39 is 0 Å². The van der Waals surface area contributed by atoms with Crippen LogP contribution in [0.4, 0.5) is 5.82 Å².